The largest absolute Gasteiger partial charge is 0.497 e. The molecule has 6 heteroatoms. The zero-order valence-corrected chi connectivity index (χ0v) is 11.1. The lowest BCUT2D eigenvalue weighted by atomic mass is 10.1. The standard InChI is InChI=1S/C14H15N3O3/c1-20-11-4-2-10(3-5-11)8-9-15-14(19)12-6-7-13(18)17-16-12/h2-7,12H,8-9H2,1H3,(H,15,19). The van der Waals surface area contributed by atoms with Gasteiger partial charge in [-0.3, -0.25) is 9.59 Å². The molecule has 20 heavy (non-hydrogen) atoms. The Bertz CT molecular complexity index is 533. The second kappa shape index (κ2) is 6.60. The Hall–Kier alpha value is -2.50. The maximum absolute atomic E-state index is 11.7. The number of methoxy groups -OCH3 is 1. The van der Waals surface area contributed by atoms with E-state index in [4.69, 9.17) is 4.74 Å². The number of carbonyl (C=O) groups excluding carboxylic acids is 2. The Morgan fingerprint density at radius 2 is 2.10 bits per heavy atom. The van der Waals surface area contributed by atoms with Crippen molar-refractivity contribution in [3.63, 3.8) is 0 Å². The van der Waals surface area contributed by atoms with Crippen molar-refractivity contribution in [1.82, 2.24) is 5.32 Å². The molecule has 1 aliphatic rings. The highest BCUT2D eigenvalue weighted by atomic mass is 16.5. The zero-order chi connectivity index (χ0) is 14.4. The Kier molecular flexibility index (Phi) is 4.60. The van der Waals surface area contributed by atoms with Crippen LogP contribution in [0.5, 0.6) is 5.75 Å². The highest BCUT2D eigenvalue weighted by molar-refractivity contribution is 5.92. The van der Waals surface area contributed by atoms with Crippen molar-refractivity contribution in [3.05, 3.63) is 42.0 Å². The van der Waals surface area contributed by atoms with Gasteiger partial charge in [0, 0.05) is 12.6 Å². The van der Waals surface area contributed by atoms with E-state index < -0.39 is 11.9 Å². The van der Waals surface area contributed by atoms with Crippen molar-refractivity contribution in [2.75, 3.05) is 13.7 Å². The number of hydrogen-bond acceptors (Lipinski definition) is 4. The minimum Gasteiger partial charge on any atom is -0.497 e. The summed E-state index contributed by atoms with van der Waals surface area (Å²) in [6.07, 6.45) is 3.40. The molecule has 0 aliphatic carbocycles. The van der Waals surface area contributed by atoms with Crippen LogP contribution in [0.3, 0.4) is 0 Å². The zero-order valence-electron chi connectivity index (χ0n) is 11.1. The average Bonchev–Trinajstić information content (AvgIpc) is 2.48. The number of carbonyl (C=O) groups is 2. The maximum atomic E-state index is 11.7. The second-order valence-electron chi connectivity index (χ2n) is 4.25. The van der Waals surface area contributed by atoms with Gasteiger partial charge >= 0.3 is 0 Å². The van der Waals surface area contributed by atoms with Crippen molar-refractivity contribution < 1.29 is 14.3 Å². The fraction of sp³-hybridized carbons (Fsp3) is 0.286. The van der Waals surface area contributed by atoms with Crippen LogP contribution in [0.15, 0.2) is 46.6 Å². The molecule has 2 amide bonds. The lowest BCUT2D eigenvalue weighted by Gasteiger charge is -2.10. The third kappa shape index (κ3) is 3.74. The van der Waals surface area contributed by atoms with Crippen LogP contribution in [0.1, 0.15) is 5.56 Å². The molecule has 1 N–H and O–H groups in total. The SMILES string of the molecule is COc1ccc(CCNC(=O)C2C=CC(=O)N=N2)cc1. The summed E-state index contributed by atoms with van der Waals surface area (Å²) in [6.45, 7) is 0.499. The van der Waals surface area contributed by atoms with Gasteiger partial charge in [-0.2, -0.15) is 5.11 Å². The molecule has 0 fully saturated rings. The first kappa shape index (κ1) is 13.9. The van der Waals surface area contributed by atoms with Crippen molar-refractivity contribution in [2.24, 2.45) is 10.2 Å². The fourth-order valence-corrected chi connectivity index (χ4v) is 1.73. The predicted octanol–water partition coefficient (Wildman–Crippen LogP) is 1.27. The van der Waals surface area contributed by atoms with Gasteiger partial charge in [0.15, 0.2) is 6.04 Å². The Labute approximate surface area is 116 Å². The number of nitrogens with one attached hydrogen (secondary N) is 1. The quantitative estimate of drug-likeness (QED) is 0.877. The molecule has 1 aromatic rings. The number of azo groups is 1. The van der Waals surface area contributed by atoms with Crippen LogP contribution in [0.25, 0.3) is 0 Å². The molecule has 1 unspecified atom stereocenters. The smallest absolute Gasteiger partial charge is 0.287 e. The lowest BCUT2D eigenvalue weighted by molar-refractivity contribution is -0.121. The molecule has 1 aromatic carbocycles. The first-order valence-corrected chi connectivity index (χ1v) is 6.22. The average molecular weight is 273 g/mol. The monoisotopic (exact) mass is 273 g/mol. The van der Waals surface area contributed by atoms with Gasteiger partial charge in [0.1, 0.15) is 5.75 Å². The number of benzene rings is 1. The first-order valence-electron chi connectivity index (χ1n) is 6.22. The molecule has 0 radical (unpaired) electrons. The van der Waals surface area contributed by atoms with Crippen LogP contribution in [0.2, 0.25) is 0 Å². The summed E-state index contributed by atoms with van der Waals surface area (Å²) in [4.78, 5) is 22.5. The van der Waals surface area contributed by atoms with E-state index in [0.717, 1.165) is 11.3 Å². The molecule has 2 rings (SSSR count). The molecule has 0 spiro atoms. The molecule has 1 aliphatic heterocycles. The van der Waals surface area contributed by atoms with Gasteiger partial charge in [-0.25, -0.2) is 0 Å². The van der Waals surface area contributed by atoms with Gasteiger partial charge in [0.25, 0.3) is 11.8 Å². The van der Waals surface area contributed by atoms with E-state index in [1.54, 1.807) is 7.11 Å². The summed E-state index contributed by atoms with van der Waals surface area (Å²) >= 11 is 0. The van der Waals surface area contributed by atoms with Gasteiger partial charge in [-0.1, -0.05) is 12.1 Å². The molecule has 104 valence electrons. The highest BCUT2D eigenvalue weighted by Crippen LogP contribution is 2.11. The lowest BCUT2D eigenvalue weighted by Crippen LogP contribution is -2.34. The van der Waals surface area contributed by atoms with Crippen molar-refractivity contribution >= 4 is 11.8 Å². The van der Waals surface area contributed by atoms with Gasteiger partial charge < -0.3 is 10.1 Å². The van der Waals surface area contributed by atoms with Gasteiger partial charge in [0.05, 0.1) is 7.11 Å². The van der Waals surface area contributed by atoms with E-state index in [1.165, 1.54) is 12.2 Å². The number of ether oxygens (including phenoxy) is 1. The fourth-order valence-electron chi connectivity index (χ4n) is 1.73. The number of amides is 2. The van der Waals surface area contributed by atoms with Gasteiger partial charge in [-0.15, -0.1) is 5.11 Å². The van der Waals surface area contributed by atoms with Crippen molar-refractivity contribution in [3.8, 4) is 5.75 Å². The van der Waals surface area contributed by atoms with E-state index >= 15 is 0 Å². The highest BCUT2D eigenvalue weighted by Gasteiger charge is 2.17. The molecule has 0 saturated heterocycles. The summed E-state index contributed by atoms with van der Waals surface area (Å²) in [7, 11) is 1.62. The minimum absolute atomic E-state index is 0.258. The third-order valence-corrected chi connectivity index (χ3v) is 2.84. The third-order valence-electron chi connectivity index (χ3n) is 2.84. The van der Waals surface area contributed by atoms with Crippen LogP contribution in [0.4, 0.5) is 0 Å². The van der Waals surface area contributed by atoms with Crippen LogP contribution < -0.4 is 10.1 Å². The van der Waals surface area contributed by atoms with E-state index in [-0.39, 0.29) is 5.91 Å². The van der Waals surface area contributed by atoms with Gasteiger partial charge in [-0.05, 0) is 30.2 Å². The minimum atomic E-state index is -0.705. The summed E-state index contributed by atoms with van der Waals surface area (Å²) in [6, 6.07) is 6.94. The molecule has 1 atom stereocenters. The first-order chi connectivity index (χ1) is 9.69. The molecule has 6 nitrogen and oxygen atoms in total. The number of rotatable bonds is 5. The topological polar surface area (TPSA) is 80.1 Å². The van der Waals surface area contributed by atoms with Crippen LogP contribution in [0, 0.1) is 0 Å². The molecular weight excluding hydrogens is 258 g/mol. The molecule has 0 saturated carbocycles. The second-order valence-corrected chi connectivity index (χ2v) is 4.25. The molecule has 1 heterocycles. The van der Waals surface area contributed by atoms with E-state index in [1.807, 2.05) is 24.3 Å². The number of hydrogen-bond donors (Lipinski definition) is 1. The normalized spacial score (nSPS) is 17.1. The molecule has 0 aromatic heterocycles. The van der Waals surface area contributed by atoms with E-state index in [9.17, 15) is 9.59 Å². The van der Waals surface area contributed by atoms with Crippen LogP contribution in [-0.4, -0.2) is 31.5 Å². The van der Waals surface area contributed by atoms with Gasteiger partial charge in [0.2, 0.25) is 0 Å². The van der Waals surface area contributed by atoms with Crippen molar-refractivity contribution in [2.45, 2.75) is 12.5 Å². The molecule has 0 bridgehead atoms. The summed E-state index contributed by atoms with van der Waals surface area (Å²) in [5.41, 5.74) is 1.10. The number of nitrogens with zero attached hydrogens (tertiary/aromatic N) is 2. The van der Waals surface area contributed by atoms with E-state index in [2.05, 4.69) is 15.5 Å². The van der Waals surface area contributed by atoms with Crippen molar-refractivity contribution in [1.29, 1.82) is 0 Å². The maximum Gasteiger partial charge on any atom is 0.287 e. The summed E-state index contributed by atoms with van der Waals surface area (Å²) in [5, 5.41) is 9.72. The Morgan fingerprint density at radius 1 is 1.35 bits per heavy atom. The summed E-state index contributed by atoms with van der Waals surface area (Å²) < 4.78 is 5.07. The Morgan fingerprint density at radius 3 is 2.70 bits per heavy atom. The van der Waals surface area contributed by atoms with Crippen LogP contribution >= 0.6 is 0 Å². The van der Waals surface area contributed by atoms with E-state index in [0.29, 0.717) is 13.0 Å². The van der Waals surface area contributed by atoms with Crippen LogP contribution in [-0.2, 0) is 16.0 Å². The Balaban J connectivity index is 1.77. The summed E-state index contributed by atoms with van der Waals surface area (Å²) in [5.74, 6) is 0.105. The predicted molar refractivity (Wildman–Crippen MR) is 72.5 cm³/mol. The molecular formula is C14H15N3O3.